The zero-order valence-electron chi connectivity index (χ0n) is 19.1. The first kappa shape index (κ1) is 27.2. The summed E-state index contributed by atoms with van der Waals surface area (Å²) in [6.07, 6.45) is 3.20. The first-order chi connectivity index (χ1) is 15.1. The molecule has 1 atom stereocenters. The number of hydrogen-bond donors (Lipinski definition) is 1. The van der Waals surface area contributed by atoms with E-state index in [-0.39, 0.29) is 35.2 Å². The van der Waals surface area contributed by atoms with Gasteiger partial charge in [0.1, 0.15) is 17.3 Å². The Kier molecular flexibility index (Phi) is 11.5. The fraction of sp³-hybridized carbons (Fsp3) is 0.375. The van der Waals surface area contributed by atoms with Crippen molar-refractivity contribution in [3.8, 4) is 5.75 Å². The van der Waals surface area contributed by atoms with Crippen molar-refractivity contribution >= 4 is 28.8 Å². The summed E-state index contributed by atoms with van der Waals surface area (Å²) in [6, 6.07) is 4.02. The Morgan fingerprint density at radius 3 is 2.50 bits per heavy atom. The molecule has 0 bridgehead atoms. The largest absolute Gasteiger partial charge is 0.497 e. The van der Waals surface area contributed by atoms with E-state index in [9.17, 15) is 18.8 Å². The van der Waals surface area contributed by atoms with Crippen molar-refractivity contribution in [2.45, 2.75) is 47.1 Å². The van der Waals surface area contributed by atoms with Crippen LogP contribution in [-0.2, 0) is 20.7 Å². The van der Waals surface area contributed by atoms with Crippen molar-refractivity contribution in [1.29, 1.82) is 0 Å². The van der Waals surface area contributed by atoms with Crippen molar-refractivity contribution in [3.05, 3.63) is 65.2 Å². The number of carbonyl (C=O) groups is 3. The molecule has 0 aliphatic rings. The molecule has 0 saturated heterocycles. The number of esters is 1. The van der Waals surface area contributed by atoms with Crippen LogP contribution in [0.15, 0.2) is 54.1 Å². The number of hydrogen-bond acceptors (Lipinski definition) is 6. The van der Waals surface area contributed by atoms with Gasteiger partial charge in [0.15, 0.2) is 0 Å². The van der Waals surface area contributed by atoms with E-state index in [4.69, 9.17) is 9.47 Å². The summed E-state index contributed by atoms with van der Waals surface area (Å²) in [4.78, 5) is 35.9. The van der Waals surface area contributed by atoms with Gasteiger partial charge in [0.05, 0.1) is 18.2 Å². The van der Waals surface area contributed by atoms with E-state index in [2.05, 4.69) is 11.9 Å². The van der Waals surface area contributed by atoms with Crippen molar-refractivity contribution in [1.82, 2.24) is 5.32 Å². The van der Waals surface area contributed by atoms with Crippen LogP contribution in [-0.4, -0.2) is 35.4 Å². The summed E-state index contributed by atoms with van der Waals surface area (Å²) >= 11 is 0.914. The molecule has 6 nitrogen and oxygen atoms in total. The number of thioether (sulfide) groups is 1. The highest BCUT2D eigenvalue weighted by Crippen LogP contribution is 2.27. The molecule has 0 fully saturated rings. The molecule has 1 rings (SSSR count). The average molecular weight is 464 g/mol. The number of benzene rings is 1. The number of halogens is 1. The summed E-state index contributed by atoms with van der Waals surface area (Å²) in [7, 11) is 0. The fourth-order valence-electron chi connectivity index (χ4n) is 2.65. The third-order valence-electron chi connectivity index (χ3n) is 4.21. The smallest absolute Gasteiger partial charge is 0.308 e. The molecule has 1 aromatic carbocycles. The first-order valence-corrected chi connectivity index (χ1v) is 11.1. The standard InChI is InChI=1S/C24H30FNO5S/c1-7-15(3)11-20(25)12-19-9-10-23(31-18(6)28)21(13-19)24(29)32-14-22(26-17(5)27)16(4)30-8-2/h7,9-11,13,22H,4,8,12,14H2,1-3,5-6H3,(H,26,27). The monoisotopic (exact) mass is 463 g/mol. The SMILES string of the molecule is C=C(OCC)C(CSC(=O)c1cc(CC(F)=CC(C)=CC)ccc1OC(C)=O)NC(C)=O. The zero-order chi connectivity index (χ0) is 24.3. The van der Waals surface area contributed by atoms with Crippen molar-refractivity contribution in [2.75, 3.05) is 12.4 Å². The molecule has 1 unspecified atom stereocenters. The quantitative estimate of drug-likeness (QED) is 0.218. The predicted octanol–water partition coefficient (Wildman–Crippen LogP) is 4.90. The van der Waals surface area contributed by atoms with Crippen LogP contribution in [0.4, 0.5) is 4.39 Å². The second kappa shape index (κ2) is 13.5. The summed E-state index contributed by atoms with van der Waals surface area (Å²) < 4.78 is 24.8. The lowest BCUT2D eigenvalue weighted by atomic mass is 10.1. The molecule has 32 heavy (non-hydrogen) atoms. The maximum Gasteiger partial charge on any atom is 0.308 e. The Labute approximate surface area is 192 Å². The minimum absolute atomic E-state index is 0.00780. The molecule has 1 amide bonds. The van der Waals surface area contributed by atoms with E-state index in [1.165, 1.54) is 32.1 Å². The summed E-state index contributed by atoms with van der Waals surface area (Å²) in [6.45, 7) is 12.2. The second-order valence-corrected chi connectivity index (χ2v) is 7.97. The van der Waals surface area contributed by atoms with E-state index in [1.807, 2.05) is 6.92 Å². The van der Waals surface area contributed by atoms with E-state index in [0.29, 0.717) is 17.9 Å². The normalized spacial score (nSPS) is 12.7. The number of carbonyl (C=O) groups excluding carboxylic acids is 3. The number of ether oxygens (including phenoxy) is 2. The van der Waals surface area contributed by atoms with E-state index < -0.39 is 17.1 Å². The average Bonchev–Trinajstić information content (AvgIpc) is 2.71. The molecule has 174 valence electrons. The van der Waals surface area contributed by atoms with Crippen LogP contribution >= 0.6 is 11.8 Å². The van der Waals surface area contributed by atoms with E-state index >= 15 is 0 Å². The number of allylic oxidation sites excluding steroid dienone is 4. The van der Waals surface area contributed by atoms with Crippen LogP contribution in [0.5, 0.6) is 5.75 Å². The second-order valence-electron chi connectivity index (χ2n) is 6.98. The van der Waals surface area contributed by atoms with Crippen molar-refractivity contribution < 1.29 is 28.2 Å². The molecule has 8 heteroatoms. The lowest BCUT2D eigenvalue weighted by Crippen LogP contribution is -2.37. The van der Waals surface area contributed by atoms with Gasteiger partial charge in [-0.1, -0.05) is 36.1 Å². The van der Waals surface area contributed by atoms with Crippen LogP contribution in [0.1, 0.15) is 50.5 Å². The highest BCUT2D eigenvalue weighted by molar-refractivity contribution is 8.14. The maximum absolute atomic E-state index is 14.3. The van der Waals surface area contributed by atoms with Gasteiger partial charge in [0.2, 0.25) is 11.0 Å². The van der Waals surface area contributed by atoms with Crippen LogP contribution in [0.2, 0.25) is 0 Å². The van der Waals surface area contributed by atoms with Gasteiger partial charge in [0, 0.05) is 26.0 Å². The molecule has 0 aliphatic heterocycles. The third-order valence-corrected chi connectivity index (χ3v) is 5.19. The van der Waals surface area contributed by atoms with Crippen LogP contribution < -0.4 is 10.1 Å². The van der Waals surface area contributed by atoms with Gasteiger partial charge in [-0.25, -0.2) is 4.39 Å². The Morgan fingerprint density at radius 2 is 1.94 bits per heavy atom. The molecular formula is C24H30FNO5S. The highest BCUT2D eigenvalue weighted by atomic mass is 32.2. The summed E-state index contributed by atoms with van der Waals surface area (Å²) in [5.74, 6) is -0.630. The molecule has 0 heterocycles. The third kappa shape index (κ3) is 9.51. The van der Waals surface area contributed by atoms with Crippen LogP contribution in [0.3, 0.4) is 0 Å². The van der Waals surface area contributed by atoms with Crippen molar-refractivity contribution in [2.24, 2.45) is 0 Å². The summed E-state index contributed by atoms with van der Waals surface area (Å²) in [5.41, 5.74) is 1.48. The van der Waals surface area contributed by atoms with Gasteiger partial charge in [-0.2, -0.15) is 0 Å². The molecule has 0 spiro atoms. The summed E-state index contributed by atoms with van der Waals surface area (Å²) in [5, 5.41) is 2.30. The predicted molar refractivity (Wildman–Crippen MR) is 125 cm³/mol. The minimum atomic E-state index is -0.578. The van der Waals surface area contributed by atoms with Gasteiger partial charge in [-0.15, -0.1) is 0 Å². The molecule has 0 aromatic heterocycles. The van der Waals surface area contributed by atoms with Gasteiger partial charge >= 0.3 is 5.97 Å². The Balaban J connectivity index is 3.12. The Morgan fingerprint density at radius 1 is 1.25 bits per heavy atom. The zero-order valence-corrected chi connectivity index (χ0v) is 19.9. The lowest BCUT2D eigenvalue weighted by molar-refractivity contribution is -0.131. The van der Waals surface area contributed by atoms with Crippen LogP contribution in [0, 0.1) is 0 Å². The lowest BCUT2D eigenvalue weighted by Gasteiger charge is -2.20. The van der Waals surface area contributed by atoms with E-state index in [0.717, 1.165) is 17.3 Å². The molecular weight excluding hydrogens is 433 g/mol. The van der Waals surface area contributed by atoms with Gasteiger partial charge in [-0.05, 0) is 44.5 Å². The minimum Gasteiger partial charge on any atom is -0.497 e. The maximum atomic E-state index is 14.3. The van der Waals surface area contributed by atoms with Gasteiger partial charge in [-0.3, -0.25) is 14.4 Å². The number of rotatable bonds is 11. The number of amides is 1. The molecule has 1 aromatic rings. The Hall–Kier alpha value is -2.87. The number of nitrogens with one attached hydrogen (secondary N) is 1. The van der Waals surface area contributed by atoms with Crippen LogP contribution in [0.25, 0.3) is 0 Å². The van der Waals surface area contributed by atoms with Crippen molar-refractivity contribution in [3.63, 3.8) is 0 Å². The van der Waals surface area contributed by atoms with Gasteiger partial charge in [0.25, 0.3) is 0 Å². The molecule has 1 N–H and O–H groups in total. The fourth-order valence-corrected chi connectivity index (χ4v) is 3.55. The van der Waals surface area contributed by atoms with Gasteiger partial charge < -0.3 is 14.8 Å². The Bertz CT molecular complexity index is 923. The molecule has 0 radical (unpaired) electrons. The topological polar surface area (TPSA) is 81.7 Å². The first-order valence-electron chi connectivity index (χ1n) is 10.1. The molecule has 0 saturated carbocycles. The molecule has 0 aliphatic carbocycles. The highest BCUT2D eigenvalue weighted by Gasteiger charge is 2.21. The van der Waals surface area contributed by atoms with E-state index in [1.54, 1.807) is 26.0 Å².